The molecule has 0 unspecified atom stereocenters. The van der Waals surface area contributed by atoms with Crippen molar-refractivity contribution in [3.63, 3.8) is 0 Å². The molecule has 4 saturated carbocycles. The van der Waals surface area contributed by atoms with E-state index in [4.69, 9.17) is 5.11 Å². The predicted octanol–water partition coefficient (Wildman–Crippen LogP) is 3.80. The zero-order chi connectivity index (χ0) is 30.9. The van der Waals surface area contributed by atoms with E-state index >= 15 is 0 Å². The van der Waals surface area contributed by atoms with Crippen LogP contribution in [0.3, 0.4) is 0 Å². The van der Waals surface area contributed by atoms with Crippen LogP contribution in [0.4, 0.5) is 0 Å². The van der Waals surface area contributed by atoms with E-state index in [0.717, 1.165) is 31.4 Å². The standard InChI is InChI=1S/C13H21O.2C10H10O2.C2H5O.Ti/c1-10-4-11(2)6-12(3,5-10)9-13(14,7-10)8-11;2*1-8(11)7-10(12)9-5-3-2-4-6-9;1-2-3;/h4-9H2,1-3H3;2*2-7,12H,1H3;2H2,1H3;/q-1;;;-1;+4/p-2. The molecule has 2 aromatic rings. The minimum Gasteiger partial charge on any atom is -0.872 e. The van der Waals surface area contributed by atoms with Crippen LogP contribution in [0.5, 0.6) is 0 Å². The Bertz CT molecular complexity index is 1060. The van der Waals surface area contributed by atoms with Gasteiger partial charge in [0.25, 0.3) is 0 Å². The summed E-state index contributed by atoms with van der Waals surface area (Å²) in [5, 5.41) is 43.9. The smallest absolute Gasteiger partial charge is 0.872 e. The number of carbonyl (C=O) groups is 2. The van der Waals surface area contributed by atoms with Gasteiger partial charge < -0.3 is 20.4 Å². The first kappa shape index (κ1) is 37.5. The van der Waals surface area contributed by atoms with Gasteiger partial charge in [-0.3, -0.25) is 9.59 Å². The number of allylic oxidation sites excluding steroid dienone is 2. The fraction of sp³-hybridized carbons (Fsp3) is 0.486. The van der Waals surface area contributed by atoms with E-state index in [2.05, 4.69) is 20.8 Å². The number of rotatable bonds is 4. The van der Waals surface area contributed by atoms with Crippen LogP contribution in [-0.2, 0) is 31.3 Å². The van der Waals surface area contributed by atoms with Crippen LogP contribution in [0.1, 0.15) is 91.2 Å². The van der Waals surface area contributed by atoms with Gasteiger partial charge in [-0.1, -0.05) is 119 Å². The molecule has 4 bridgehead atoms. The van der Waals surface area contributed by atoms with Gasteiger partial charge in [0.1, 0.15) is 0 Å². The topological polar surface area (TPSA) is 126 Å². The molecule has 4 fully saturated rings. The van der Waals surface area contributed by atoms with Crippen molar-refractivity contribution in [2.45, 2.75) is 85.7 Å². The molecule has 0 saturated heterocycles. The molecule has 224 valence electrons. The molecular formula is C35H44O6Ti. The largest absolute Gasteiger partial charge is 4.00 e. The van der Waals surface area contributed by atoms with E-state index in [0.29, 0.717) is 27.4 Å². The monoisotopic (exact) mass is 608 g/mol. The van der Waals surface area contributed by atoms with Crippen LogP contribution in [0, 0.1) is 16.2 Å². The average Bonchev–Trinajstić information content (AvgIpc) is 2.82. The van der Waals surface area contributed by atoms with Gasteiger partial charge in [-0.05, 0) is 72.6 Å². The molecule has 6 rings (SSSR count). The van der Waals surface area contributed by atoms with Gasteiger partial charge in [0.2, 0.25) is 0 Å². The SMILES string of the molecule is CC(=O)C=C([O-])c1ccccc1.CC(=O)C=C([O-])c1ccccc1.CC12CC3(C)CC(C)(C1)CC([O-])(C2)C3.CC[O-].[Ti+4]. The molecule has 0 aliphatic heterocycles. The van der Waals surface area contributed by atoms with Crippen molar-refractivity contribution >= 4 is 23.1 Å². The van der Waals surface area contributed by atoms with E-state index in [1.54, 1.807) is 55.5 Å². The summed E-state index contributed by atoms with van der Waals surface area (Å²) in [4.78, 5) is 21.1. The van der Waals surface area contributed by atoms with Crippen LogP contribution < -0.4 is 20.4 Å². The molecule has 0 aromatic heterocycles. The molecule has 0 N–H and O–H groups in total. The Balaban J connectivity index is 0.000000299. The number of hydrogen-bond acceptors (Lipinski definition) is 6. The number of ketones is 2. The predicted molar refractivity (Wildman–Crippen MR) is 155 cm³/mol. The zero-order valence-corrected chi connectivity index (χ0v) is 27.4. The van der Waals surface area contributed by atoms with Gasteiger partial charge in [-0.25, -0.2) is 0 Å². The Labute approximate surface area is 266 Å². The molecule has 0 atom stereocenters. The molecule has 4 aliphatic carbocycles. The van der Waals surface area contributed by atoms with Crippen molar-refractivity contribution in [1.82, 2.24) is 0 Å². The molecule has 0 heterocycles. The second-order valence-corrected chi connectivity index (χ2v) is 12.9. The third-order valence-corrected chi connectivity index (χ3v) is 7.59. The second kappa shape index (κ2) is 15.8. The molecule has 6 nitrogen and oxygen atoms in total. The van der Waals surface area contributed by atoms with E-state index in [-0.39, 0.29) is 51.4 Å². The minimum atomic E-state index is -0.562. The van der Waals surface area contributed by atoms with Gasteiger partial charge in [-0.15, -0.1) is 12.2 Å². The Hall–Kier alpha value is -2.51. The summed E-state index contributed by atoms with van der Waals surface area (Å²) in [5.41, 5.74) is 1.66. The molecule has 4 aliphatic rings. The van der Waals surface area contributed by atoms with Crippen molar-refractivity contribution < 1.29 is 51.7 Å². The summed E-state index contributed by atoms with van der Waals surface area (Å²) < 4.78 is 0. The number of benzene rings is 2. The summed E-state index contributed by atoms with van der Waals surface area (Å²) in [7, 11) is 0. The maximum Gasteiger partial charge on any atom is 4.00 e. The Morgan fingerprint density at radius 1 is 0.667 bits per heavy atom. The molecule has 42 heavy (non-hydrogen) atoms. The van der Waals surface area contributed by atoms with E-state index in [9.17, 15) is 24.9 Å². The summed E-state index contributed by atoms with van der Waals surface area (Å²) in [6.45, 7) is 11.4. The molecular weight excluding hydrogens is 564 g/mol. The van der Waals surface area contributed by atoms with Crippen molar-refractivity contribution in [1.29, 1.82) is 0 Å². The van der Waals surface area contributed by atoms with Crippen molar-refractivity contribution in [3.8, 4) is 0 Å². The van der Waals surface area contributed by atoms with Crippen LogP contribution in [0.2, 0.25) is 0 Å². The normalized spacial score (nSPS) is 28.9. The van der Waals surface area contributed by atoms with Gasteiger partial charge in [0.15, 0.2) is 11.6 Å². The van der Waals surface area contributed by atoms with E-state index < -0.39 is 5.60 Å². The zero-order valence-electron chi connectivity index (χ0n) is 25.8. The fourth-order valence-corrected chi connectivity index (χ4v) is 7.92. The van der Waals surface area contributed by atoms with E-state index in [1.807, 2.05) is 12.1 Å². The Morgan fingerprint density at radius 2 is 0.929 bits per heavy atom. The number of hydrogen-bond donors (Lipinski definition) is 0. The third-order valence-electron chi connectivity index (χ3n) is 7.59. The first-order chi connectivity index (χ1) is 19.1. The third kappa shape index (κ3) is 11.6. The maximum atomic E-state index is 12.6. The van der Waals surface area contributed by atoms with Crippen LogP contribution >= 0.6 is 0 Å². The summed E-state index contributed by atoms with van der Waals surface area (Å²) in [5.74, 6) is -0.904. The van der Waals surface area contributed by atoms with Crippen LogP contribution in [0.15, 0.2) is 72.8 Å². The Kier molecular flexibility index (Phi) is 14.1. The fourth-order valence-electron chi connectivity index (χ4n) is 7.92. The van der Waals surface area contributed by atoms with Gasteiger partial charge in [0.05, 0.1) is 0 Å². The molecule has 2 aromatic carbocycles. The molecule has 0 radical (unpaired) electrons. The van der Waals surface area contributed by atoms with Crippen LogP contribution in [0.25, 0.3) is 11.5 Å². The number of carbonyl (C=O) groups excluding carboxylic acids is 2. The summed E-state index contributed by atoms with van der Waals surface area (Å²) >= 11 is 0. The minimum absolute atomic E-state index is 0. The van der Waals surface area contributed by atoms with Gasteiger partial charge >= 0.3 is 21.7 Å². The van der Waals surface area contributed by atoms with Gasteiger partial charge in [0, 0.05) is 0 Å². The van der Waals surface area contributed by atoms with E-state index in [1.165, 1.54) is 33.1 Å². The summed E-state index contributed by atoms with van der Waals surface area (Å²) in [6, 6.07) is 17.4. The molecule has 0 amide bonds. The first-order valence-corrected chi connectivity index (χ1v) is 14.2. The van der Waals surface area contributed by atoms with Crippen molar-refractivity contribution in [3.05, 3.63) is 83.9 Å². The molecule has 0 spiro atoms. The van der Waals surface area contributed by atoms with Crippen molar-refractivity contribution in [2.75, 3.05) is 6.61 Å². The summed E-state index contributed by atoms with van der Waals surface area (Å²) in [6.07, 6.45) is 8.95. The Morgan fingerprint density at radius 3 is 1.14 bits per heavy atom. The maximum absolute atomic E-state index is 12.6. The van der Waals surface area contributed by atoms with Crippen LogP contribution in [-0.4, -0.2) is 23.8 Å². The molecule has 7 heteroatoms. The van der Waals surface area contributed by atoms with Crippen molar-refractivity contribution in [2.24, 2.45) is 16.2 Å². The van der Waals surface area contributed by atoms with Gasteiger partial charge in [-0.2, -0.15) is 0 Å². The first-order valence-electron chi connectivity index (χ1n) is 14.2. The average molecular weight is 609 g/mol. The quantitative estimate of drug-likeness (QED) is 0.295. The second-order valence-electron chi connectivity index (χ2n) is 12.9.